The van der Waals surface area contributed by atoms with Gasteiger partial charge in [0.2, 0.25) is 0 Å². The average Bonchev–Trinajstić information content (AvgIpc) is 3.26. The molecule has 0 saturated heterocycles. The molecule has 1 amide bonds. The molecule has 1 aliphatic carbocycles. The number of nitrogens with zero attached hydrogens (tertiary/aromatic N) is 3. The highest BCUT2D eigenvalue weighted by molar-refractivity contribution is 5.68. The fourth-order valence-electron chi connectivity index (χ4n) is 2.31. The molecule has 1 aromatic rings. The van der Waals surface area contributed by atoms with Crippen molar-refractivity contribution in [2.24, 2.45) is 5.92 Å². The summed E-state index contributed by atoms with van der Waals surface area (Å²) in [5.41, 5.74) is 1.46. The summed E-state index contributed by atoms with van der Waals surface area (Å²) in [4.78, 5) is 22.6. The molecule has 0 N–H and O–H groups in total. The van der Waals surface area contributed by atoms with Crippen molar-refractivity contribution in [3.8, 4) is 6.01 Å². The first-order valence-corrected chi connectivity index (χ1v) is 7.86. The van der Waals surface area contributed by atoms with Gasteiger partial charge in [-0.1, -0.05) is 0 Å². The van der Waals surface area contributed by atoms with Crippen molar-refractivity contribution in [1.82, 2.24) is 14.9 Å². The van der Waals surface area contributed by atoms with Crippen LogP contribution in [-0.2, 0) is 17.7 Å². The minimum atomic E-state index is -0.485. The van der Waals surface area contributed by atoms with Crippen molar-refractivity contribution in [3.05, 3.63) is 17.5 Å². The Labute approximate surface area is 130 Å². The number of aromatic nitrogens is 2. The lowest BCUT2D eigenvalue weighted by Crippen LogP contribution is -2.40. The molecule has 1 aromatic heterocycles. The van der Waals surface area contributed by atoms with Crippen LogP contribution in [0.1, 0.15) is 44.9 Å². The van der Waals surface area contributed by atoms with Gasteiger partial charge in [0.05, 0.1) is 18.8 Å². The Kier molecular flexibility index (Phi) is 3.93. The zero-order valence-electron chi connectivity index (χ0n) is 13.5. The average molecular weight is 305 g/mol. The molecule has 2 aliphatic rings. The Balaban J connectivity index is 1.65. The maximum Gasteiger partial charge on any atom is 0.410 e. The molecule has 0 radical (unpaired) electrons. The quantitative estimate of drug-likeness (QED) is 0.858. The lowest BCUT2D eigenvalue weighted by molar-refractivity contribution is 0.0220. The van der Waals surface area contributed by atoms with Crippen molar-refractivity contribution in [1.29, 1.82) is 0 Å². The normalized spacial score (nSPS) is 17.9. The minimum Gasteiger partial charge on any atom is -0.463 e. The van der Waals surface area contributed by atoms with Crippen LogP contribution in [0.25, 0.3) is 0 Å². The van der Waals surface area contributed by atoms with Crippen molar-refractivity contribution < 1.29 is 14.3 Å². The standard InChI is InChI=1S/C16H23N3O3/c1-16(2,3)22-15(20)19-7-6-12-8-17-14(18-13(12)9-19)21-10-11-4-5-11/h8,11H,4-7,9-10H2,1-3H3. The molecule has 0 unspecified atom stereocenters. The number of carbonyl (C=O) groups excluding carboxylic acids is 1. The van der Waals surface area contributed by atoms with Gasteiger partial charge < -0.3 is 14.4 Å². The summed E-state index contributed by atoms with van der Waals surface area (Å²) >= 11 is 0. The monoisotopic (exact) mass is 305 g/mol. The number of hydrogen-bond acceptors (Lipinski definition) is 5. The van der Waals surface area contributed by atoms with E-state index in [2.05, 4.69) is 9.97 Å². The van der Waals surface area contributed by atoms with E-state index in [1.807, 2.05) is 27.0 Å². The van der Waals surface area contributed by atoms with Gasteiger partial charge in [0.15, 0.2) is 0 Å². The number of hydrogen-bond donors (Lipinski definition) is 0. The van der Waals surface area contributed by atoms with E-state index in [1.165, 1.54) is 12.8 Å². The van der Waals surface area contributed by atoms with Gasteiger partial charge in [0.25, 0.3) is 0 Å². The molecule has 0 bridgehead atoms. The zero-order chi connectivity index (χ0) is 15.7. The maximum atomic E-state index is 12.2. The molecule has 1 saturated carbocycles. The molecule has 3 rings (SSSR count). The predicted molar refractivity (Wildman–Crippen MR) is 80.6 cm³/mol. The van der Waals surface area contributed by atoms with Crippen LogP contribution in [0.3, 0.4) is 0 Å². The molecular formula is C16H23N3O3. The number of rotatable bonds is 3. The number of carbonyl (C=O) groups is 1. The summed E-state index contributed by atoms with van der Waals surface area (Å²) in [6.45, 7) is 7.38. The van der Waals surface area contributed by atoms with E-state index in [4.69, 9.17) is 9.47 Å². The van der Waals surface area contributed by atoms with E-state index in [9.17, 15) is 4.79 Å². The van der Waals surface area contributed by atoms with Crippen LogP contribution >= 0.6 is 0 Å². The van der Waals surface area contributed by atoms with Crippen molar-refractivity contribution in [3.63, 3.8) is 0 Å². The first kappa shape index (κ1) is 15.1. The van der Waals surface area contributed by atoms with E-state index in [1.54, 1.807) is 4.90 Å². The Morgan fingerprint density at radius 2 is 2.18 bits per heavy atom. The van der Waals surface area contributed by atoms with Crippen LogP contribution in [0.15, 0.2) is 6.20 Å². The largest absolute Gasteiger partial charge is 0.463 e. The van der Waals surface area contributed by atoms with E-state index >= 15 is 0 Å². The van der Waals surface area contributed by atoms with E-state index in [0.717, 1.165) is 17.7 Å². The Bertz CT molecular complexity index is 564. The van der Waals surface area contributed by atoms with Crippen molar-refractivity contribution >= 4 is 6.09 Å². The zero-order valence-corrected chi connectivity index (χ0v) is 13.5. The first-order valence-electron chi connectivity index (χ1n) is 7.86. The number of ether oxygens (including phenoxy) is 2. The smallest absolute Gasteiger partial charge is 0.410 e. The Morgan fingerprint density at radius 1 is 1.41 bits per heavy atom. The van der Waals surface area contributed by atoms with E-state index in [-0.39, 0.29) is 6.09 Å². The highest BCUT2D eigenvalue weighted by atomic mass is 16.6. The highest BCUT2D eigenvalue weighted by Gasteiger charge is 2.27. The van der Waals surface area contributed by atoms with Gasteiger partial charge in [-0.05, 0) is 51.5 Å². The van der Waals surface area contributed by atoms with Gasteiger partial charge in [-0.25, -0.2) is 9.78 Å². The number of fused-ring (bicyclic) bond motifs is 1. The Morgan fingerprint density at radius 3 is 2.86 bits per heavy atom. The molecule has 0 atom stereocenters. The van der Waals surface area contributed by atoms with Crippen molar-refractivity contribution in [2.75, 3.05) is 13.2 Å². The molecule has 1 fully saturated rings. The van der Waals surface area contributed by atoms with E-state index in [0.29, 0.717) is 31.6 Å². The first-order chi connectivity index (χ1) is 10.4. The fraction of sp³-hybridized carbons (Fsp3) is 0.688. The van der Waals surface area contributed by atoms with Crippen LogP contribution in [0, 0.1) is 5.92 Å². The van der Waals surface area contributed by atoms with Crippen LogP contribution in [0.5, 0.6) is 6.01 Å². The third-order valence-corrected chi connectivity index (χ3v) is 3.72. The summed E-state index contributed by atoms with van der Waals surface area (Å²) in [5, 5.41) is 0. The predicted octanol–water partition coefficient (Wildman–Crippen LogP) is 2.56. The molecule has 1 aliphatic heterocycles. The summed E-state index contributed by atoms with van der Waals surface area (Å²) in [6, 6.07) is 0.414. The van der Waals surface area contributed by atoms with Crippen LogP contribution < -0.4 is 4.74 Å². The SMILES string of the molecule is CC(C)(C)OC(=O)N1CCc2cnc(OCC3CC3)nc2C1. The van der Waals surface area contributed by atoms with Crippen LogP contribution in [0.4, 0.5) is 4.79 Å². The van der Waals surface area contributed by atoms with Crippen LogP contribution in [0.2, 0.25) is 0 Å². The summed E-state index contributed by atoms with van der Waals surface area (Å²) in [7, 11) is 0. The second kappa shape index (κ2) is 5.74. The molecule has 120 valence electrons. The molecule has 2 heterocycles. The third-order valence-electron chi connectivity index (χ3n) is 3.72. The van der Waals surface area contributed by atoms with Gasteiger partial charge >= 0.3 is 12.1 Å². The van der Waals surface area contributed by atoms with Crippen LogP contribution in [-0.4, -0.2) is 39.7 Å². The van der Waals surface area contributed by atoms with Gasteiger partial charge in [-0.15, -0.1) is 0 Å². The third kappa shape index (κ3) is 3.87. The van der Waals surface area contributed by atoms with Gasteiger partial charge in [-0.2, -0.15) is 4.98 Å². The highest BCUT2D eigenvalue weighted by Crippen LogP contribution is 2.29. The summed E-state index contributed by atoms with van der Waals surface area (Å²) in [6.07, 6.45) is 4.74. The van der Waals surface area contributed by atoms with Gasteiger partial charge in [-0.3, -0.25) is 0 Å². The molecule has 22 heavy (non-hydrogen) atoms. The maximum absolute atomic E-state index is 12.2. The lowest BCUT2D eigenvalue weighted by Gasteiger charge is -2.30. The summed E-state index contributed by atoms with van der Waals surface area (Å²) in [5.74, 6) is 0.665. The Hall–Kier alpha value is -1.85. The molecule has 0 spiro atoms. The minimum absolute atomic E-state index is 0.294. The van der Waals surface area contributed by atoms with E-state index < -0.39 is 5.60 Å². The topological polar surface area (TPSA) is 64.5 Å². The molecule has 0 aromatic carbocycles. The molecular weight excluding hydrogens is 282 g/mol. The number of amides is 1. The van der Waals surface area contributed by atoms with Crippen molar-refractivity contribution in [2.45, 2.75) is 52.2 Å². The summed E-state index contributed by atoms with van der Waals surface area (Å²) < 4.78 is 11.0. The van der Waals surface area contributed by atoms with Gasteiger partial charge in [0, 0.05) is 12.7 Å². The second-order valence-corrected chi connectivity index (χ2v) is 7.03. The molecule has 6 heteroatoms. The second-order valence-electron chi connectivity index (χ2n) is 7.03. The fourth-order valence-corrected chi connectivity index (χ4v) is 2.31. The molecule has 6 nitrogen and oxygen atoms in total. The lowest BCUT2D eigenvalue weighted by atomic mass is 10.1. The van der Waals surface area contributed by atoms with Gasteiger partial charge in [0.1, 0.15) is 5.60 Å².